The van der Waals surface area contributed by atoms with Gasteiger partial charge in [-0.15, -0.1) is 11.3 Å². The van der Waals surface area contributed by atoms with Gasteiger partial charge in [-0.3, -0.25) is 9.59 Å². The van der Waals surface area contributed by atoms with Gasteiger partial charge in [0.05, 0.1) is 40.5 Å². The average Bonchev–Trinajstić information content (AvgIpc) is 3.32. The van der Waals surface area contributed by atoms with Crippen molar-refractivity contribution in [2.24, 2.45) is 0 Å². The van der Waals surface area contributed by atoms with Crippen LogP contribution in [0.2, 0.25) is 0 Å². The number of amides is 2. The van der Waals surface area contributed by atoms with Crippen LogP contribution in [0, 0.1) is 17.7 Å². The second-order valence-electron chi connectivity index (χ2n) is 11.3. The number of piperidine rings is 1. The Bertz CT molecular complexity index is 1830. The molecule has 1 fully saturated rings. The van der Waals surface area contributed by atoms with E-state index < -0.39 is 51.9 Å². The van der Waals surface area contributed by atoms with Gasteiger partial charge in [0, 0.05) is 38.2 Å². The lowest BCUT2D eigenvalue weighted by molar-refractivity contribution is -0.132. The highest BCUT2D eigenvalue weighted by Gasteiger charge is 2.31. The first-order valence-corrected chi connectivity index (χ1v) is 17.0. The number of fused-ring (bicyclic) bond motifs is 1. The Morgan fingerprint density at radius 2 is 1.85 bits per heavy atom. The van der Waals surface area contributed by atoms with Gasteiger partial charge in [-0.1, -0.05) is 24.0 Å². The maximum Gasteiger partial charge on any atom is 0.393 e. The topological polar surface area (TPSA) is 120 Å². The van der Waals surface area contributed by atoms with Crippen molar-refractivity contribution in [2.75, 3.05) is 57.8 Å². The smallest absolute Gasteiger partial charge is 0.393 e. The first-order valence-electron chi connectivity index (χ1n) is 14.7. The largest absolute Gasteiger partial charge is 0.461 e. The number of halogens is 5. The van der Waals surface area contributed by atoms with E-state index in [1.165, 1.54) is 0 Å². The van der Waals surface area contributed by atoms with E-state index >= 15 is 0 Å². The van der Waals surface area contributed by atoms with Crippen LogP contribution in [0.25, 0.3) is 10.1 Å². The van der Waals surface area contributed by atoms with Gasteiger partial charge in [-0.25, -0.2) is 21.9 Å². The van der Waals surface area contributed by atoms with Gasteiger partial charge < -0.3 is 25.2 Å². The third-order valence-corrected chi connectivity index (χ3v) is 9.88. The van der Waals surface area contributed by atoms with Gasteiger partial charge in [0.1, 0.15) is 16.5 Å². The molecule has 2 aromatic carbocycles. The number of nitrogens with zero attached hydrogens (tertiary/aromatic N) is 2. The van der Waals surface area contributed by atoms with Gasteiger partial charge in [-0.2, -0.15) is 13.2 Å². The van der Waals surface area contributed by atoms with Crippen molar-refractivity contribution in [1.29, 1.82) is 0 Å². The van der Waals surface area contributed by atoms with Crippen molar-refractivity contribution in [1.82, 2.24) is 14.5 Å². The van der Waals surface area contributed by atoms with E-state index in [0.717, 1.165) is 24.3 Å². The highest BCUT2D eigenvalue weighted by Crippen LogP contribution is 2.39. The number of alkyl halides is 4. The lowest BCUT2D eigenvalue weighted by Gasteiger charge is -2.33. The number of nitrogens with one attached hydrogen (secondary N) is 3. The Hall–Kier alpha value is -4.14. The highest BCUT2D eigenvalue weighted by molar-refractivity contribution is 7.90. The molecule has 1 saturated heterocycles. The van der Waals surface area contributed by atoms with Gasteiger partial charge in [0.2, 0.25) is 18.7 Å². The lowest BCUT2D eigenvalue weighted by atomic mass is 10.0. The van der Waals surface area contributed by atoms with Crippen LogP contribution in [0.1, 0.15) is 30.2 Å². The van der Waals surface area contributed by atoms with Crippen molar-refractivity contribution in [2.45, 2.75) is 43.3 Å². The molecular weight excluding hydrogens is 681 g/mol. The molecule has 4 rings (SSSR count). The summed E-state index contributed by atoms with van der Waals surface area (Å²) in [6.07, 6.45) is -4.40. The molecule has 1 aliphatic rings. The number of benzene rings is 2. The lowest BCUT2D eigenvalue weighted by Crippen LogP contribution is -2.45. The molecule has 17 heteroatoms. The van der Waals surface area contributed by atoms with Gasteiger partial charge in [0.15, 0.2) is 0 Å². The van der Waals surface area contributed by atoms with E-state index in [0.29, 0.717) is 54.3 Å². The standard InChI is InChI=1S/C31H34F5N5O5S2/c1-19(42)39-48(44,45)28-15-26(46-18-32)25(14-23(28)33)37-11-5-8-27-22(16-31(34,35)36)21-6-4-7-24(30(21)47-27)38-20-9-12-41(13-10-20)29(43)17-40(2)3/h4,6-7,14-15,20,37-38H,9-13,16-18H2,1-3H3,(H,39,42). The van der Waals surface area contributed by atoms with Crippen molar-refractivity contribution in [3.63, 3.8) is 0 Å². The number of likely N-dealkylation sites (N-methyl/N-ethyl adjacent to an activating group) is 1. The fraction of sp³-hybridized carbons (Fsp3) is 0.419. The molecule has 0 bridgehead atoms. The predicted molar refractivity (Wildman–Crippen MR) is 173 cm³/mol. The zero-order chi connectivity index (χ0) is 35.2. The summed E-state index contributed by atoms with van der Waals surface area (Å²) in [5.41, 5.74) is 0.486. The summed E-state index contributed by atoms with van der Waals surface area (Å²) in [6, 6.07) is 6.48. The SMILES string of the molecule is CC(=O)NS(=O)(=O)c1cc(OCF)c(NCC#Cc2sc3c(NC4CCN(C(=O)CN(C)C)CC4)cccc3c2CC(F)(F)F)cc1F. The molecule has 1 aliphatic heterocycles. The first kappa shape index (κ1) is 36.7. The van der Waals surface area contributed by atoms with E-state index in [4.69, 9.17) is 4.74 Å². The molecule has 0 saturated carbocycles. The molecule has 0 radical (unpaired) electrons. The quantitative estimate of drug-likeness (QED) is 0.193. The summed E-state index contributed by atoms with van der Waals surface area (Å²) in [4.78, 5) is 26.5. The zero-order valence-corrected chi connectivity index (χ0v) is 27.9. The number of carbonyl (C=O) groups is 2. The minimum Gasteiger partial charge on any atom is -0.461 e. The monoisotopic (exact) mass is 715 g/mol. The Kier molecular flexibility index (Phi) is 11.8. The Morgan fingerprint density at radius 3 is 2.48 bits per heavy atom. The number of rotatable bonds is 11. The first-order chi connectivity index (χ1) is 22.6. The molecule has 260 valence electrons. The molecule has 0 unspecified atom stereocenters. The maximum absolute atomic E-state index is 14.7. The van der Waals surface area contributed by atoms with Gasteiger partial charge in [0.25, 0.3) is 10.0 Å². The number of carbonyl (C=O) groups excluding carboxylic acids is 2. The number of anilines is 2. The third kappa shape index (κ3) is 9.48. The number of ether oxygens (including phenoxy) is 1. The second kappa shape index (κ2) is 15.4. The summed E-state index contributed by atoms with van der Waals surface area (Å²) >= 11 is 1.09. The van der Waals surface area contributed by atoms with Crippen LogP contribution in [0.15, 0.2) is 35.2 Å². The third-order valence-electron chi connectivity index (χ3n) is 7.24. The second-order valence-corrected chi connectivity index (χ2v) is 13.9. The number of sulfonamides is 1. The van der Waals surface area contributed by atoms with Crippen LogP contribution in [-0.4, -0.2) is 89.4 Å². The van der Waals surface area contributed by atoms with Gasteiger partial charge >= 0.3 is 6.18 Å². The van der Waals surface area contributed by atoms with E-state index in [9.17, 15) is 40.0 Å². The minimum atomic E-state index is -4.61. The highest BCUT2D eigenvalue weighted by atomic mass is 32.2. The number of thiophene rings is 1. The predicted octanol–water partition coefficient (Wildman–Crippen LogP) is 4.70. The molecule has 0 aliphatic carbocycles. The van der Waals surface area contributed by atoms with Crippen LogP contribution in [0.3, 0.4) is 0 Å². The number of hydrogen-bond acceptors (Lipinski definition) is 9. The minimum absolute atomic E-state index is 0.00257. The number of hydrogen-bond donors (Lipinski definition) is 3. The molecule has 48 heavy (non-hydrogen) atoms. The summed E-state index contributed by atoms with van der Waals surface area (Å²) in [5, 5.41) is 6.51. The molecule has 3 N–H and O–H groups in total. The Morgan fingerprint density at radius 1 is 1.15 bits per heavy atom. The fourth-order valence-electron chi connectivity index (χ4n) is 5.19. The molecular formula is C31H34F5N5O5S2. The Labute approximate surface area is 278 Å². The van der Waals surface area contributed by atoms with Crippen LogP contribution < -0.4 is 20.1 Å². The van der Waals surface area contributed by atoms with Crippen LogP contribution in [0.5, 0.6) is 5.75 Å². The molecule has 1 aromatic heterocycles. The van der Waals surface area contributed by atoms with E-state index in [1.807, 2.05) is 14.1 Å². The molecule has 2 amide bonds. The molecule has 0 spiro atoms. The van der Waals surface area contributed by atoms with E-state index in [-0.39, 0.29) is 34.6 Å². The van der Waals surface area contributed by atoms with Gasteiger partial charge in [-0.05, 0) is 44.0 Å². The van der Waals surface area contributed by atoms with Crippen LogP contribution in [0.4, 0.5) is 33.3 Å². The molecule has 2 heterocycles. The molecule has 10 nitrogen and oxygen atoms in total. The van der Waals surface area contributed by atoms with E-state index in [1.54, 1.807) is 32.7 Å². The zero-order valence-electron chi connectivity index (χ0n) is 26.3. The Balaban J connectivity index is 1.56. The van der Waals surface area contributed by atoms with Crippen molar-refractivity contribution in [3.05, 3.63) is 46.6 Å². The maximum atomic E-state index is 14.7. The summed E-state index contributed by atoms with van der Waals surface area (Å²) in [5.74, 6) is 2.87. The van der Waals surface area contributed by atoms with E-state index in [2.05, 4.69) is 22.5 Å². The van der Waals surface area contributed by atoms with Crippen LogP contribution >= 0.6 is 11.3 Å². The summed E-state index contributed by atoms with van der Waals surface area (Å²) in [7, 11) is -0.964. The number of likely N-dealkylation sites (tertiary alicyclic amines) is 1. The molecule has 0 atom stereocenters. The van der Waals surface area contributed by atoms with Crippen molar-refractivity contribution >= 4 is 54.6 Å². The van der Waals surface area contributed by atoms with Crippen LogP contribution in [-0.2, 0) is 26.0 Å². The average molecular weight is 716 g/mol. The summed E-state index contributed by atoms with van der Waals surface area (Å²) in [6.45, 7) is 0.702. The summed E-state index contributed by atoms with van der Waals surface area (Å²) < 4.78 is 100. The molecule has 3 aromatic rings. The van der Waals surface area contributed by atoms with Crippen molar-refractivity contribution < 1.29 is 44.7 Å². The van der Waals surface area contributed by atoms with Crippen molar-refractivity contribution in [3.8, 4) is 17.6 Å². The normalized spacial score (nSPS) is 14.1. The fourth-order valence-corrected chi connectivity index (χ4v) is 7.43.